The van der Waals surface area contributed by atoms with Crippen LogP contribution in [0.25, 0.3) is 0 Å². The highest BCUT2D eigenvalue weighted by atomic mass is 35.5. The number of halogens is 4. The molecule has 1 atom stereocenters. The molecular formula is C15H18ClF3. The maximum absolute atomic E-state index is 12.7. The van der Waals surface area contributed by atoms with Crippen LogP contribution in [-0.4, -0.2) is 5.88 Å². The average molecular weight is 291 g/mol. The van der Waals surface area contributed by atoms with Gasteiger partial charge in [0.2, 0.25) is 0 Å². The van der Waals surface area contributed by atoms with Gasteiger partial charge in [0.05, 0.1) is 5.56 Å². The monoisotopic (exact) mass is 290 g/mol. The van der Waals surface area contributed by atoms with E-state index in [0.29, 0.717) is 11.8 Å². The van der Waals surface area contributed by atoms with E-state index in [1.165, 1.54) is 18.6 Å². The molecule has 1 fully saturated rings. The highest BCUT2D eigenvalue weighted by Gasteiger charge is 2.32. The number of hydrogen-bond acceptors (Lipinski definition) is 0. The summed E-state index contributed by atoms with van der Waals surface area (Å²) in [6.45, 7) is 0. The summed E-state index contributed by atoms with van der Waals surface area (Å²) in [5.74, 6) is 0.866. The molecule has 1 unspecified atom stereocenters. The summed E-state index contributed by atoms with van der Waals surface area (Å²) in [6.07, 6.45) is 1.43. The molecule has 0 saturated heterocycles. The smallest absolute Gasteiger partial charge is 0.166 e. The van der Waals surface area contributed by atoms with Gasteiger partial charge < -0.3 is 0 Å². The van der Waals surface area contributed by atoms with E-state index in [-0.39, 0.29) is 5.92 Å². The summed E-state index contributed by atoms with van der Waals surface area (Å²) < 4.78 is 38.2. The van der Waals surface area contributed by atoms with E-state index < -0.39 is 11.7 Å². The fourth-order valence-corrected chi connectivity index (χ4v) is 3.40. The van der Waals surface area contributed by atoms with Crippen molar-refractivity contribution in [2.45, 2.75) is 44.2 Å². The van der Waals surface area contributed by atoms with Gasteiger partial charge in [-0.2, -0.15) is 13.2 Å². The SMILES string of the molecule is FC(F)(F)c1cccc(C(CCl)C2CCCCC2)c1. The molecule has 1 aromatic carbocycles. The fraction of sp³-hybridized carbons (Fsp3) is 0.600. The van der Waals surface area contributed by atoms with Gasteiger partial charge in [-0.15, -0.1) is 11.6 Å². The highest BCUT2D eigenvalue weighted by molar-refractivity contribution is 6.18. The van der Waals surface area contributed by atoms with Crippen LogP contribution in [-0.2, 0) is 6.18 Å². The van der Waals surface area contributed by atoms with E-state index in [0.717, 1.165) is 37.3 Å². The van der Waals surface area contributed by atoms with Crippen molar-refractivity contribution in [3.8, 4) is 0 Å². The van der Waals surface area contributed by atoms with E-state index in [4.69, 9.17) is 11.6 Å². The lowest BCUT2D eigenvalue weighted by molar-refractivity contribution is -0.137. The predicted octanol–water partition coefficient (Wildman–Crippen LogP) is 5.61. The Hall–Kier alpha value is -0.700. The second kappa shape index (κ2) is 6.17. The first-order valence-corrected chi connectivity index (χ1v) is 7.29. The third-order valence-electron chi connectivity index (χ3n) is 4.03. The second-order valence-electron chi connectivity index (χ2n) is 5.28. The van der Waals surface area contributed by atoms with E-state index >= 15 is 0 Å². The molecule has 106 valence electrons. The number of alkyl halides is 4. The predicted molar refractivity (Wildman–Crippen MR) is 71.5 cm³/mol. The molecule has 0 aromatic heterocycles. The van der Waals surface area contributed by atoms with Crippen LogP contribution in [0, 0.1) is 5.92 Å². The van der Waals surface area contributed by atoms with E-state index in [2.05, 4.69) is 0 Å². The van der Waals surface area contributed by atoms with Crippen molar-refractivity contribution in [2.24, 2.45) is 5.92 Å². The molecule has 1 aliphatic rings. The number of rotatable bonds is 3. The topological polar surface area (TPSA) is 0 Å². The standard InChI is InChI=1S/C15H18ClF3/c16-10-14(11-5-2-1-3-6-11)12-7-4-8-13(9-12)15(17,18)19/h4,7-9,11,14H,1-3,5-6,10H2. The molecule has 0 N–H and O–H groups in total. The van der Waals surface area contributed by atoms with Gasteiger partial charge in [-0.1, -0.05) is 37.5 Å². The summed E-state index contributed by atoms with van der Waals surface area (Å²) in [4.78, 5) is 0. The molecule has 0 amide bonds. The van der Waals surface area contributed by atoms with Crippen molar-refractivity contribution < 1.29 is 13.2 Å². The molecule has 1 saturated carbocycles. The third-order valence-corrected chi connectivity index (χ3v) is 4.36. The lowest BCUT2D eigenvalue weighted by Gasteiger charge is -2.29. The van der Waals surface area contributed by atoms with Crippen LogP contribution in [0.1, 0.15) is 49.1 Å². The van der Waals surface area contributed by atoms with Crippen LogP contribution in [0.5, 0.6) is 0 Å². The maximum atomic E-state index is 12.7. The molecule has 4 heteroatoms. The van der Waals surface area contributed by atoms with Crippen LogP contribution in [0.4, 0.5) is 13.2 Å². The van der Waals surface area contributed by atoms with Gasteiger partial charge in [0.15, 0.2) is 0 Å². The molecule has 2 rings (SSSR count). The Bertz CT molecular complexity index is 408. The normalized spacial score (nSPS) is 19.4. The van der Waals surface area contributed by atoms with Gasteiger partial charge in [0.1, 0.15) is 0 Å². The fourth-order valence-electron chi connectivity index (χ4n) is 2.97. The van der Waals surface area contributed by atoms with E-state index in [1.807, 2.05) is 0 Å². The Morgan fingerprint density at radius 3 is 2.42 bits per heavy atom. The van der Waals surface area contributed by atoms with Crippen molar-refractivity contribution in [1.29, 1.82) is 0 Å². The van der Waals surface area contributed by atoms with Crippen molar-refractivity contribution >= 4 is 11.6 Å². The van der Waals surface area contributed by atoms with E-state index in [1.54, 1.807) is 6.07 Å². The minimum absolute atomic E-state index is 0.0456. The van der Waals surface area contributed by atoms with Gasteiger partial charge in [-0.3, -0.25) is 0 Å². The minimum Gasteiger partial charge on any atom is -0.166 e. The third kappa shape index (κ3) is 3.65. The van der Waals surface area contributed by atoms with Crippen LogP contribution in [0.3, 0.4) is 0 Å². The molecule has 1 aromatic rings. The van der Waals surface area contributed by atoms with E-state index in [9.17, 15) is 13.2 Å². The lowest BCUT2D eigenvalue weighted by Crippen LogP contribution is -2.18. The second-order valence-corrected chi connectivity index (χ2v) is 5.59. The molecule has 0 bridgehead atoms. The van der Waals surface area contributed by atoms with Crippen molar-refractivity contribution in [1.82, 2.24) is 0 Å². The Morgan fingerprint density at radius 1 is 1.16 bits per heavy atom. The number of benzene rings is 1. The lowest BCUT2D eigenvalue weighted by atomic mass is 9.77. The minimum atomic E-state index is -4.28. The maximum Gasteiger partial charge on any atom is 0.416 e. The molecule has 0 radical (unpaired) electrons. The van der Waals surface area contributed by atoms with Crippen LogP contribution in [0.2, 0.25) is 0 Å². The zero-order valence-corrected chi connectivity index (χ0v) is 11.5. The van der Waals surface area contributed by atoms with Gasteiger partial charge in [-0.05, 0) is 30.4 Å². The first kappa shape index (κ1) is 14.7. The molecule has 0 aliphatic heterocycles. The zero-order valence-electron chi connectivity index (χ0n) is 10.7. The summed E-state index contributed by atoms with van der Waals surface area (Å²) in [7, 11) is 0. The Balaban J connectivity index is 2.22. The zero-order chi connectivity index (χ0) is 13.9. The molecule has 0 heterocycles. The summed E-state index contributed by atoms with van der Waals surface area (Å²) in [5.41, 5.74) is 0.160. The summed E-state index contributed by atoms with van der Waals surface area (Å²) >= 11 is 6.02. The first-order valence-electron chi connectivity index (χ1n) is 6.75. The Morgan fingerprint density at radius 2 is 1.84 bits per heavy atom. The summed E-state index contributed by atoms with van der Waals surface area (Å²) in [5, 5.41) is 0. The van der Waals surface area contributed by atoms with Crippen LogP contribution < -0.4 is 0 Å². The quantitative estimate of drug-likeness (QED) is 0.635. The van der Waals surface area contributed by atoms with Gasteiger partial charge >= 0.3 is 6.18 Å². The molecule has 0 nitrogen and oxygen atoms in total. The van der Waals surface area contributed by atoms with Crippen LogP contribution >= 0.6 is 11.6 Å². The molecule has 0 spiro atoms. The van der Waals surface area contributed by atoms with Crippen molar-refractivity contribution in [3.05, 3.63) is 35.4 Å². The summed E-state index contributed by atoms with van der Waals surface area (Å²) in [6, 6.07) is 5.65. The van der Waals surface area contributed by atoms with Gasteiger partial charge in [-0.25, -0.2) is 0 Å². The Labute approximate surface area is 117 Å². The molecule has 1 aliphatic carbocycles. The van der Waals surface area contributed by atoms with Gasteiger partial charge in [0, 0.05) is 11.8 Å². The number of hydrogen-bond donors (Lipinski definition) is 0. The molecular weight excluding hydrogens is 273 g/mol. The molecule has 19 heavy (non-hydrogen) atoms. The highest BCUT2D eigenvalue weighted by Crippen LogP contribution is 2.38. The van der Waals surface area contributed by atoms with Gasteiger partial charge in [0.25, 0.3) is 0 Å². The van der Waals surface area contributed by atoms with Crippen molar-refractivity contribution in [3.63, 3.8) is 0 Å². The Kier molecular flexibility index (Phi) is 4.77. The average Bonchev–Trinajstić information content (AvgIpc) is 2.40. The largest absolute Gasteiger partial charge is 0.416 e. The van der Waals surface area contributed by atoms with Crippen LogP contribution in [0.15, 0.2) is 24.3 Å². The first-order chi connectivity index (χ1) is 9.02. The van der Waals surface area contributed by atoms with Crippen molar-refractivity contribution in [2.75, 3.05) is 5.88 Å².